The molecule has 1 aliphatic heterocycles. The molecular formula is C20H19FN2O3. The molecule has 134 valence electrons. The molecule has 3 amide bonds. The number of hydrogen-bond acceptors (Lipinski definition) is 3. The van der Waals surface area contributed by atoms with Crippen molar-refractivity contribution >= 4 is 17.7 Å². The number of fused-ring (bicyclic) bond motifs is 1. The first-order chi connectivity index (χ1) is 12.5. The first-order valence-electron chi connectivity index (χ1n) is 8.49. The van der Waals surface area contributed by atoms with E-state index in [0.717, 1.165) is 16.5 Å². The molecule has 0 atom stereocenters. The minimum atomic E-state index is -0.714. The summed E-state index contributed by atoms with van der Waals surface area (Å²) < 4.78 is 13.8. The molecule has 5 nitrogen and oxygen atoms in total. The van der Waals surface area contributed by atoms with Crippen LogP contribution in [0.2, 0.25) is 0 Å². The van der Waals surface area contributed by atoms with E-state index in [2.05, 4.69) is 0 Å². The second kappa shape index (κ2) is 7.47. The summed E-state index contributed by atoms with van der Waals surface area (Å²) in [4.78, 5) is 39.7. The van der Waals surface area contributed by atoms with Crippen molar-refractivity contribution in [2.24, 2.45) is 0 Å². The Balaban J connectivity index is 1.65. The van der Waals surface area contributed by atoms with E-state index in [1.165, 1.54) is 12.1 Å². The fourth-order valence-electron chi connectivity index (χ4n) is 3.04. The van der Waals surface area contributed by atoms with E-state index in [-0.39, 0.29) is 30.0 Å². The van der Waals surface area contributed by atoms with E-state index in [0.29, 0.717) is 13.1 Å². The lowest BCUT2D eigenvalue weighted by Gasteiger charge is -2.22. The molecule has 0 fully saturated rings. The van der Waals surface area contributed by atoms with Gasteiger partial charge in [-0.3, -0.25) is 19.3 Å². The number of benzene rings is 2. The van der Waals surface area contributed by atoms with Crippen LogP contribution >= 0.6 is 0 Å². The van der Waals surface area contributed by atoms with Gasteiger partial charge in [-0.05, 0) is 24.6 Å². The molecule has 1 aliphatic rings. The largest absolute Gasteiger partial charge is 0.339 e. The lowest BCUT2D eigenvalue weighted by Crippen LogP contribution is -2.36. The molecule has 0 N–H and O–H groups in total. The van der Waals surface area contributed by atoms with Gasteiger partial charge in [0.1, 0.15) is 5.82 Å². The molecule has 0 bridgehead atoms. The van der Waals surface area contributed by atoms with Crippen LogP contribution in [0, 0.1) is 5.82 Å². The number of carbonyl (C=O) groups is 3. The van der Waals surface area contributed by atoms with E-state index in [9.17, 15) is 18.8 Å². The molecule has 2 aromatic rings. The van der Waals surface area contributed by atoms with Crippen LogP contribution in [0.5, 0.6) is 0 Å². The van der Waals surface area contributed by atoms with Gasteiger partial charge in [-0.1, -0.05) is 36.4 Å². The zero-order chi connectivity index (χ0) is 18.7. The molecule has 0 spiro atoms. The number of rotatable bonds is 6. The summed E-state index contributed by atoms with van der Waals surface area (Å²) in [7, 11) is 0. The SMILES string of the molecule is CCN(Cc1ccccc1)C(=O)CCN1C(=O)c2cccc(F)c2C1=O. The molecule has 6 heteroatoms. The highest BCUT2D eigenvalue weighted by molar-refractivity contribution is 6.21. The molecule has 0 radical (unpaired) electrons. The number of halogens is 1. The van der Waals surface area contributed by atoms with E-state index in [1.54, 1.807) is 4.90 Å². The minimum absolute atomic E-state index is 0.00770. The van der Waals surface area contributed by atoms with Gasteiger partial charge in [-0.2, -0.15) is 0 Å². The van der Waals surface area contributed by atoms with Crippen LogP contribution in [0.4, 0.5) is 4.39 Å². The molecule has 0 aliphatic carbocycles. The number of nitrogens with zero attached hydrogens (tertiary/aromatic N) is 2. The summed E-state index contributed by atoms with van der Waals surface area (Å²) in [6.07, 6.45) is 0.00770. The summed E-state index contributed by atoms with van der Waals surface area (Å²) >= 11 is 0. The Morgan fingerprint density at radius 1 is 1.04 bits per heavy atom. The molecule has 2 aromatic carbocycles. The normalized spacial score (nSPS) is 13.1. The van der Waals surface area contributed by atoms with Crippen molar-refractivity contribution in [1.82, 2.24) is 9.80 Å². The van der Waals surface area contributed by atoms with E-state index in [4.69, 9.17) is 0 Å². The molecule has 3 rings (SSSR count). The Labute approximate surface area is 151 Å². The van der Waals surface area contributed by atoms with Crippen LogP contribution in [0.1, 0.15) is 39.6 Å². The number of carbonyl (C=O) groups excluding carboxylic acids is 3. The summed E-state index contributed by atoms with van der Waals surface area (Å²) in [6, 6.07) is 13.6. The van der Waals surface area contributed by atoms with Crippen molar-refractivity contribution < 1.29 is 18.8 Å². The molecule has 0 saturated heterocycles. The first-order valence-corrected chi connectivity index (χ1v) is 8.49. The monoisotopic (exact) mass is 354 g/mol. The van der Waals surface area contributed by atoms with Gasteiger partial charge in [0.2, 0.25) is 5.91 Å². The van der Waals surface area contributed by atoms with Gasteiger partial charge in [0.05, 0.1) is 11.1 Å². The van der Waals surface area contributed by atoms with Crippen molar-refractivity contribution in [2.45, 2.75) is 19.9 Å². The van der Waals surface area contributed by atoms with Crippen LogP contribution in [0.3, 0.4) is 0 Å². The highest BCUT2D eigenvalue weighted by Crippen LogP contribution is 2.25. The third-order valence-electron chi connectivity index (χ3n) is 4.45. The van der Waals surface area contributed by atoms with Crippen LogP contribution in [0.25, 0.3) is 0 Å². The molecule has 1 heterocycles. The lowest BCUT2D eigenvalue weighted by atomic mass is 10.1. The maximum absolute atomic E-state index is 13.8. The Hall–Kier alpha value is -3.02. The lowest BCUT2D eigenvalue weighted by molar-refractivity contribution is -0.131. The maximum atomic E-state index is 13.8. The summed E-state index contributed by atoms with van der Waals surface area (Å²) in [5.41, 5.74) is 0.853. The summed E-state index contributed by atoms with van der Waals surface area (Å²) in [6.45, 7) is 2.80. The predicted molar refractivity (Wildman–Crippen MR) is 93.9 cm³/mol. The fraction of sp³-hybridized carbons (Fsp3) is 0.250. The van der Waals surface area contributed by atoms with Gasteiger partial charge in [0, 0.05) is 26.1 Å². The zero-order valence-electron chi connectivity index (χ0n) is 14.4. The number of hydrogen-bond donors (Lipinski definition) is 0. The molecule has 0 saturated carbocycles. The number of amides is 3. The topological polar surface area (TPSA) is 57.7 Å². The third kappa shape index (κ3) is 3.35. The fourth-order valence-corrected chi connectivity index (χ4v) is 3.04. The molecule has 0 aromatic heterocycles. The van der Waals surface area contributed by atoms with Crippen molar-refractivity contribution in [1.29, 1.82) is 0 Å². The minimum Gasteiger partial charge on any atom is -0.339 e. The van der Waals surface area contributed by atoms with Crippen LogP contribution in [-0.2, 0) is 11.3 Å². The van der Waals surface area contributed by atoms with Gasteiger partial charge in [0.25, 0.3) is 11.8 Å². The van der Waals surface area contributed by atoms with Gasteiger partial charge in [-0.15, -0.1) is 0 Å². The standard InChI is InChI=1S/C20H19FN2O3/c1-2-22(13-14-7-4-3-5-8-14)17(24)11-12-23-19(25)15-9-6-10-16(21)18(15)20(23)26/h3-10H,2,11-13H2,1H3. The Bertz CT molecular complexity index is 851. The second-order valence-electron chi connectivity index (χ2n) is 6.07. The second-order valence-corrected chi connectivity index (χ2v) is 6.07. The predicted octanol–water partition coefficient (Wildman–Crippen LogP) is 2.86. The third-order valence-corrected chi connectivity index (χ3v) is 4.45. The smallest absolute Gasteiger partial charge is 0.264 e. The number of imide groups is 1. The van der Waals surface area contributed by atoms with Crippen LogP contribution in [0.15, 0.2) is 48.5 Å². The zero-order valence-corrected chi connectivity index (χ0v) is 14.4. The Morgan fingerprint density at radius 2 is 1.77 bits per heavy atom. The molecule has 26 heavy (non-hydrogen) atoms. The molecular weight excluding hydrogens is 335 g/mol. The van der Waals surface area contributed by atoms with Crippen molar-refractivity contribution in [2.75, 3.05) is 13.1 Å². The van der Waals surface area contributed by atoms with Crippen LogP contribution in [-0.4, -0.2) is 40.6 Å². The quantitative estimate of drug-likeness (QED) is 0.750. The Morgan fingerprint density at radius 3 is 2.42 bits per heavy atom. The van der Waals surface area contributed by atoms with Crippen molar-refractivity contribution in [3.8, 4) is 0 Å². The van der Waals surface area contributed by atoms with Crippen molar-refractivity contribution in [3.63, 3.8) is 0 Å². The van der Waals surface area contributed by atoms with Gasteiger partial charge < -0.3 is 4.90 Å². The average molecular weight is 354 g/mol. The highest BCUT2D eigenvalue weighted by atomic mass is 19.1. The Kier molecular flexibility index (Phi) is 5.11. The molecule has 0 unspecified atom stereocenters. The maximum Gasteiger partial charge on any atom is 0.264 e. The van der Waals surface area contributed by atoms with Gasteiger partial charge in [0.15, 0.2) is 0 Å². The first kappa shape index (κ1) is 17.8. The van der Waals surface area contributed by atoms with E-state index in [1.807, 2.05) is 37.3 Å². The van der Waals surface area contributed by atoms with Gasteiger partial charge >= 0.3 is 0 Å². The van der Waals surface area contributed by atoms with Crippen molar-refractivity contribution in [3.05, 3.63) is 71.0 Å². The van der Waals surface area contributed by atoms with Crippen LogP contribution < -0.4 is 0 Å². The van der Waals surface area contributed by atoms with Gasteiger partial charge in [-0.25, -0.2) is 4.39 Å². The highest BCUT2D eigenvalue weighted by Gasteiger charge is 2.37. The van der Waals surface area contributed by atoms with E-state index < -0.39 is 17.6 Å². The summed E-state index contributed by atoms with van der Waals surface area (Å²) in [5.74, 6) is -2.10. The summed E-state index contributed by atoms with van der Waals surface area (Å²) in [5, 5.41) is 0. The average Bonchev–Trinajstić information content (AvgIpc) is 2.90. The van der Waals surface area contributed by atoms with E-state index >= 15 is 0 Å².